The molecule has 0 aliphatic heterocycles. The van der Waals surface area contributed by atoms with E-state index >= 15 is 0 Å². The largest absolute Gasteiger partial charge is 0.496 e. The highest BCUT2D eigenvalue weighted by Crippen LogP contribution is 2.40. The van der Waals surface area contributed by atoms with Gasteiger partial charge in [-0.3, -0.25) is 4.79 Å². The van der Waals surface area contributed by atoms with Crippen LogP contribution < -0.4 is 15.8 Å². The van der Waals surface area contributed by atoms with Gasteiger partial charge in [0.05, 0.1) is 18.8 Å². The lowest BCUT2D eigenvalue weighted by atomic mass is 9.64. The molecule has 1 aromatic rings. The summed E-state index contributed by atoms with van der Waals surface area (Å²) in [5.41, 5.74) is 6.32. The van der Waals surface area contributed by atoms with Crippen molar-refractivity contribution in [3.05, 3.63) is 23.8 Å². The number of ether oxygens (including phenoxy) is 1. The fourth-order valence-corrected chi connectivity index (χ4v) is 2.29. The Labute approximate surface area is 112 Å². The smallest absolute Gasteiger partial charge is 0.255 e. The molecule has 104 valence electrons. The van der Waals surface area contributed by atoms with Gasteiger partial charge in [-0.25, -0.2) is 0 Å². The summed E-state index contributed by atoms with van der Waals surface area (Å²) in [5, 5.41) is 12.6. The van der Waals surface area contributed by atoms with Crippen molar-refractivity contribution < 1.29 is 14.6 Å². The molecule has 1 aromatic carbocycles. The number of carbonyl (C=O) groups is 1. The third-order valence-corrected chi connectivity index (χ3v) is 3.99. The number of amides is 1. The topological polar surface area (TPSA) is 84.6 Å². The normalized spacial score (nSPS) is 24.4. The van der Waals surface area contributed by atoms with Crippen LogP contribution in [0, 0.1) is 5.41 Å². The Morgan fingerprint density at radius 2 is 2.21 bits per heavy atom. The highest BCUT2D eigenvalue weighted by atomic mass is 16.5. The summed E-state index contributed by atoms with van der Waals surface area (Å²) in [6, 6.07) is 4.91. The highest BCUT2D eigenvalue weighted by molar-refractivity contribution is 5.98. The number of carbonyl (C=O) groups excluding carboxylic acids is 1. The first-order chi connectivity index (χ1) is 8.86. The number of aliphatic hydroxyl groups excluding tert-OH is 1. The summed E-state index contributed by atoms with van der Waals surface area (Å²) in [7, 11) is 1.51. The van der Waals surface area contributed by atoms with Crippen molar-refractivity contribution in [1.29, 1.82) is 0 Å². The zero-order chi connectivity index (χ0) is 14.2. The molecule has 1 saturated carbocycles. The molecule has 2 atom stereocenters. The monoisotopic (exact) mass is 264 g/mol. The quantitative estimate of drug-likeness (QED) is 0.715. The van der Waals surface area contributed by atoms with E-state index in [1.807, 2.05) is 13.8 Å². The zero-order valence-electron chi connectivity index (χ0n) is 11.4. The van der Waals surface area contributed by atoms with E-state index in [2.05, 4.69) is 5.32 Å². The van der Waals surface area contributed by atoms with Crippen molar-refractivity contribution in [3.63, 3.8) is 0 Å². The molecule has 1 aliphatic carbocycles. The van der Waals surface area contributed by atoms with Crippen LogP contribution in [-0.2, 0) is 0 Å². The minimum atomic E-state index is -0.375. The molecular formula is C14H20N2O3. The second-order valence-corrected chi connectivity index (χ2v) is 5.56. The number of hydrogen-bond donors (Lipinski definition) is 3. The van der Waals surface area contributed by atoms with Crippen molar-refractivity contribution in [2.75, 3.05) is 12.8 Å². The van der Waals surface area contributed by atoms with Crippen molar-refractivity contribution in [1.82, 2.24) is 5.32 Å². The summed E-state index contributed by atoms with van der Waals surface area (Å²) in [4.78, 5) is 12.2. The zero-order valence-corrected chi connectivity index (χ0v) is 11.4. The second kappa shape index (κ2) is 4.74. The van der Waals surface area contributed by atoms with E-state index in [-0.39, 0.29) is 23.5 Å². The van der Waals surface area contributed by atoms with Crippen LogP contribution in [0.5, 0.6) is 5.75 Å². The molecule has 0 aromatic heterocycles. The van der Waals surface area contributed by atoms with Gasteiger partial charge in [0.15, 0.2) is 0 Å². The molecule has 1 fully saturated rings. The Morgan fingerprint density at radius 3 is 2.74 bits per heavy atom. The Bertz CT molecular complexity index is 499. The summed E-state index contributed by atoms with van der Waals surface area (Å²) in [5.74, 6) is 0.263. The Morgan fingerprint density at radius 1 is 1.53 bits per heavy atom. The minimum Gasteiger partial charge on any atom is -0.496 e. The number of hydrogen-bond acceptors (Lipinski definition) is 4. The molecule has 2 unspecified atom stereocenters. The van der Waals surface area contributed by atoms with Gasteiger partial charge < -0.3 is 20.9 Å². The second-order valence-electron chi connectivity index (χ2n) is 5.56. The number of methoxy groups -OCH3 is 1. The first-order valence-corrected chi connectivity index (χ1v) is 6.28. The van der Waals surface area contributed by atoms with Gasteiger partial charge in [0.25, 0.3) is 5.91 Å². The van der Waals surface area contributed by atoms with Gasteiger partial charge >= 0.3 is 0 Å². The molecule has 19 heavy (non-hydrogen) atoms. The summed E-state index contributed by atoms with van der Waals surface area (Å²) in [6.45, 7) is 3.87. The number of nitrogen functional groups attached to an aromatic ring is 1. The summed E-state index contributed by atoms with van der Waals surface area (Å²) < 4.78 is 5.16. The third kappa shape index (κ3) is 2.38. The van der Waals surface area contributed by atoms with Crippen molar-refractivity contribution in [3.8, 4) is 5.75 Å². The average molecular weight is 264 g/mol. The fraction of sp³-hybridized carbons (Fsp3) is 0.500. The molecule has 4 N–H and O–H groups in total. The van der Waals surface area contributed by atoms with Gasteiger partial charge in [-0.15, -0.1) is 0 Å². The lowest BCUT2D eigenvalue weighted by Crippen LogP contribution is -2.61. The molecule has 0 spiro atoms. The maximum atomic E-state index is 12.2. The van der Waals surface area contributed by atoms with Crippen molar-refractivity contribution >= 4 is 11.6 Å². The van der Waals surface area contributed by atoms with Gasteiger partial charge in [0.1, 0.15) is 5.75 Å². The molecule has 2 rings (SSSR count). The van der Waals surface area contributed by atoms with E-state index in [9.17, 15) is 9.90 Å². The summed E-state index contributed by atoms with van der Waals surface area (Å²) >= 11 is 0. The van der Waals surface area contributed by atoms with Gasteiger partial charge in [-0.1, -0.05) is 13.8 Å². The SMILES string of the molecule is COc1ccc(N)cc1C(=O)NC1CC(O)C1(C)C. The number of rotatable bonds is 3. The van der Waals surface area contributed by atoms with Gasteiger partial charge in [0.2, 0.25) is 0 Å². The van der Waals surface area contributed by atoms with Crippen molar-refractivity contribution in [2.24, 2.45) is 5.41 Å². The lowest BCUT2D eigenvalue weighted by molar-refractivity contribution is -0.0689. The Hall–Kier alpha value is -1.75. The lowest BCUT2D eigenvalue weighted by Gasteiger charge is -2.49. The standard InChI is InChI=1S/C14H20N2O3/c1-14(2)11(7-12(14)17)16-13(18)9-6-8(15)4-5-10(9)19-3/h4-6,11-12,17H,7,15H2,1-3H3,(H,16,18). The molecular weight excluding hydrogens is 244 g/mol. The molecule has 0 bridgehead atoms. The third-order valence-electron chi connectivity index (χ3n) is 3.99. The molecule has 0 radical (unpaired) electrons. The van der Waals surface area contributed by atoms with Gasteiger partial charge in [-0.05, 0) is 24.6 Å². The molecule has 1 amide bonds. The van der Waals surface area contributed by atoms with E-state index < -0.39 is 0 Å². The predicted octanol–water partition coefficient (Wildman–Crippen LogP) is 1.17. The van der Waals surface area contributed by atoms with Crippen LogP contribution in [-0.4, -0.2) is 30.3 Å². The van der Waals surface area contributed by atoms with Crippen LogP contribution in [0.1, 0.15) is 30.6 Å². The molecule has 5 nitrogen and oxygen atoms in total. The van der Waals surface area contributed by atoms with Crippen molar-refractivity contribution in [2.45, 2.75) is 32.4 Å². The van der Waals surface area contributed by atoms with E-state index in [4.69, 9.17) is 10.5 Å². The van der Waals surface area contributed by atoms with Gasteiger partial charge in [-0.2, -0.15) is 0 Å². The number of anilines is 1. The maximum absolute atomic E-state index is 12.2. The van der Waals surface area contributed by atoms with E-state index in [1.54, 1.807) is 18.2 Å². The number of nitrogens with two attached hydrogens (primary N) is 1. The highest BCUT2D eigenvalue weighted by Gasteiger charge is 2.48. The van der Waals surface area contributed by atoms with E-state index in [1.165, 1.54) is 7.11 Å². The van der Waals surface area contributed by atoms with Gasteiger partial charge in [0, 0.05) is 17.1 Å². The van der Waals surface area contributed by atoms with Crippen LogP contribution in [0.15, 0.2) is 18.2 Å². The number of nitrogens with one attached hydrogen (secondary N) is 1. The Kier molecular flexibility index (Phi) is 3.41. The predicted molar refractivity (Wildman–Crippen MR) is 73.1 cm³/mol. The first kappa shape index (κ1) is 13.7. The minimum absolute atomic E-state index is 0.0406. The maximum Gasteiger partial charge on any atom is 0.255 e. The molecule has 5 heteroatoms. The van der Waals surface area contributed by atoms with Crippen LogP contribution >= 0.6 is 0 Å². The first-order valence-electron chi connectivity index (χ1n) is 6.28. The average Bonchev–Trinajstić information content (AvgIpc) is 2.38. The number of benzene rings is 1. The summed E-state index contributed by atoms with van der Waals surface area (Å²) in [6.07, 6.45) is 0.198. The van der Waals surface area contributed by atoms with E-state index in [0.29, 0.717) is 23.4 Å². The Balaban J connectivity index is 2.15. The molecule has 1 aliphatic rings. The fourth-order valence-electron chi connectivity index (χ4n) is 2.29. The number of aliphatic hydroxyl groups is 1. The van der Waals surface area contributed by atoms with Crippen LogP contribution in [0.2, 0.25) is 0 Å². The van der Waals surface area contributed by atoms with E-state index in [0.717, 1.165) is 0 Å². The van der Waals surface area contributed by atoms with Crippen LogP contribution in [0.3, 0.4) is 0 Å². The molecule has 0 heterocycles. The van der Waals surface area contributed by atoms with Crippen LogP contribution in [0.4, 0.5) is 5.69 Å². The van der Waals surface area contributed by atoms with Crippen LogP contribution in [0.25, 0.3) is 0 Å². The molecule has 0 saturated heterocycles.